The van der Waals surface area contributed by atoms with E-state index in [9.17, 15) is 18.0 Å². The minimum absolute atomic E-state index is 0.00975. The third-order valence-corrected chi connectivity index (χ3v) is 5.93. The second-order valence-corrected chi connectivity index (χ2v) is 8.32. The lowest BCUT2D eigenvalue weighted by molar-refractivity contribution is -0.137. The van der Waals surface area contributed by atoms with Crippen LogP contribution in [-0.2, 0) is 17.5 Å². The third-order valence-electron chi connectivity index (χ3n) is 5.93. The molecule has 0 bridgehead atoms. The molecular weight excluding hydrogens is 477 g/mol. The zero-order valence-electron chi connectivity index (χ0n) is 20.0. The van der Waals surface area contributed by atoms with Gasteiger partial charge in [0.15, 0.2) is 0 Å². The molecule has 1 saturated heterocycles. The zero-order valence-corrected chi connectivity index (χ0v) is 20.0. The van der Waals surface area contributed by atoms with E-state index in [1.54, 1.807) is 14.0 Å². The van der Waals surface area contributed by atoms with Crippen molar-refractivity contribution in [1.82, 2.24) is 15.0 Å². The maximum atomic E-state index is 12.9. The molecule has 1 aliphatic heterocycles. The van der Waals surface area contributed by atoms with Gasteiger partial charge in [0.1, 0.15) is 11.9 Å². The van der Waals surface area contributed by atoms with Gasteiger partial charge in [-0.1, -0.05) is 17.3 Å². The summed E-state index contributed by atoms with van der Waals surface area (Å²) >= 11 is 0. The summed E-state index contributed by atoms with van der Waals surface area (Å²) < 4.78 is 56.6. The van der Waals surface area contributed by atoms with E-state index < -0.39 is 17.7 Å². The van der Waals surface area contributed by atoms with E-state index in [1.807, 2.05) is 29.2 Å². The summed E-state index contributed by atoms with van der Waals surface area (Å²) in [5, 5.41) is 8.13. The van der Waals surface area contributed by atoms with Crippen molar-refractivity contribution in [1.29, 1.82) is 0 Å². The van der Waals surface area contributed by atoms with Crippen molar-refractivity contribution in [2.75, 3.05) is 31.7 Å². The summed E-state index contributed by atoms with van der Waals surface area (Å²) in [6.45, 7) is 3.40. The van der Waals surface area contributed by atoms with Crippen LogP contribution in [-0.4, -0.2) is 53.9 Å². The van der Waals surface area contributed by atoms with E-state index in [2.05, 4.69) is 10.3 Å². The van der Waals surface area contributed by atoms with E-state index in [0.717, 1.165) is 29.1 Å². The Kier molecular flexibility index (Phi) is 7.66. The molecule has 36 heavy (non-hydrogen) atoms. The number of methoxy groups -OCH3 is 1. The summed E-state index contributed by atoms with van der Waals surface area (Å²) in [7, 11) is 1.59. The molecule has 0 amide bonds. The summed E-state index contributed by atoms with van der Waals surface area (Å²) in [5.74, 6) is 0.341. The molecule has 11 heteroatoms. The maximum absolute atomic E-state index is 12.9. The summed E-state index contributed by atoms with van der Waals surface area (Å²) in [6, 6.07) is 12.6. The number of nitrogens with zero attached hydrogens (tertiary/aromatic N) is 4. The number of aromatic nitrogens is 3. The first-order valence-corrected chi connectivity index (χ1v) is 11.6. The fourth-order valence-electron chi connectivity index (χ4n) is 4.01. The van der Waals surface area contributed by atoms with Gasteiger partial charge in [0.2, 0.25) is 11.6 Å². The highest BCUT2D eigenvalue weighted by molar-refractivity contribution is 5.89. The zero-order chi connectivity index (χ0) is 25.7. The number of rotatable bonds is 8. The van der Waals surface area contributed by atoms with Gasteiger partial charge in [0.05, 0.1) is 25.8 Å². The summed E-state index contributed by atoms with van der Waals surface area (Å²) in [4.78, 5) is 14.5. The molecule has 1 aliphatic rings. The lowest BCUT2D eigenvalue weighted by Crippen LogP contribution is -2.38. The maximum Gasteiger partial charge on any atom is 0.416 e. The Balaban J connectivity index is 1.45. The number of hydrogen-bond acceptors (Lipinski definition) is 7. The number of carbonyl (C=O) groups excluding carboxylic acids is 1. The quantitative estimate of drug-likeness (QED) is 0.416. The number of alkyl halides is 3. The Morgan fingerprint density at radius 3 is 2.31 bits per heavy atom. The molecule has 1 fully saturated rings. The highest BCUT2D eigenvalue weighted by Gasteiger charge is 2.31. The number of hydrogen-bond donors (Lipinski definition) is 0. The van der Waals surface area contributed by atoms with Crippen LogP contribution >= 0.6 is 0 Å². The molecule has 0 saturated carbocycles. The summed E-state index contributed by atoms with van der Waals surface area (Å²) in [6.07, 6.45) is -3.37. The predicted molar refractivity (Wildman–Crippen MR) is 125 cm³/mol. The monoisotopic (exact) mass is 504 g/mol. The number of anilines is 1. The molecule has 0 atom stereocenters. The smallest absolute Gasteiger partial charge is 0.416 e. The van der Waals surface area contributed by atoms with Gasteiger partial charge in [-0.15, -0.1) is 5.10 Å². The Morgan fingerprint density at radius 1 is 1.06 bits per heavy atom. The minimum Gasteiger partial charge on any atom is -0.497 e. The highest BCUT2D eigenvalue weighted by Crippen LogP contribution is 2.31. The number of piperidine rings is 1. The molecule has 1 aromatic heterocycles. The van der Waals surface area contributed by atoms with Crippen molar-refractivity contribution in [3.8, 4) is 11.6 Å². The van der Waals surface area contributed by atoms with Crippen LogP contribution in [0.2, 0.25) is 0 Å². The molecule has 8 nitrogen and oxygen atoms in total. The van der Waals surface area contributed by atoms with E-state index in [4.69, 9.17) is 14.2 Å². The third kappa shape index (κ3) is 5.89. The van der Waals surface area contributed by atoms with E-state index >= 15 is 0 Å². The molecule has 2 aromatic carbocycles. The van der Waals surface area contributed by atoms with Crippen LogP contribution in [0.25, 0.3) is 0 Å². The van der Waals surface area contributed by atoms with Crippen LogP contribution in [0.3, 0.4) is 0 Å². The molecule has 0 spiro atoms. The first-order valence-electron chi connectivity index (χ1n) is 11.6. The van der Waals surface area contributed by atoms with Gasteiger partial charge < -0.3 is 19.1 Å². The van der Waals surface area contributed by atoms with Gasteiger partial charge in [-0.05, 0) is 48.9 Å². The molecule has 2 heterocycles. The van der Waals surface area contributed by atoms with Gasteiger partial charge >= 0.3 is 12.1 Å². The Morgan fingerprint density at radius 2 is 1.72 bits per heavy atom. The van der Waals surface area contributed by atoms with Crippen molar-refractivity contribution in [3.05, 3.63) is 65.4 Å². The molecular formula is C25H27F3N4O4. The second-order valence-electron chi connectivity index (χ2n) is 8.32. The number of carbonyl (C=O) groups is 1. The lowest BCUT2D eigenvalue weighted by Gasteiger charge is -2.33. The van der Waals surface area contributed by atoms with Crippen LogP contribution in [0.15, 0.2) is 48.5 Å². The molecule has 0 radical (unpaired) electrons. The van der Waals surface area contributed by atoms with Gasteiger partial charge in [-0.2, -0.15) is 13.2 Å². The SMILES string of the molecule is CCOC(=O)c1nnn(Cc2ccc(OC)cc2)c1OC1CCN(c2ccc(C(F)(F)F)cc2)CC1. The largest absolute Gasteiger partial charge is 0.497 e. The highest BCUT2D eigenvalue weighted by atomic mass is 19.4. The van der Waals surface area contributed by atoms with E-state index in [1.165, 1.54) is 16.8 Å². The van der Waals surface area contributed by atoms with Crippen LogP contribution in [0.4, 0.5) is 18.9 Å². The van der Waals surface area contributed by atoms with E-state index in [0.29, 0.717) is 32.5 Å². The summed E-state index contributed by atoms with van der Waals surface area (Å²) in [5.41, 5.74) is 0.974. The van der Waals surface area contributed by atoms with Gasteiger partial charge in [-0.3, -0.25) is 0 Å². The molecule has 0 unspecified atom stereocenters. The van der Waals surface area contributed by atoms with Crippen molar-refractivity contribution < 1.29 is 32.2 Å². The van der Waals surface area contributed by atoms with Crippen LogP contribution in [0.5, 0.6) is 11.6 Å². The normalized spacial score (nSPS) is 14.5. The number of esters is 1. The average Bonchev–Trinajstić information content (AvgIpc) is 3.26. The van der Waals surface area contributed by atoms with Gasteiger partial charge in [-0.25, -0.2) is 9.48 Å². The molecule has 3 aromatic rings. The standard InChI is InChI=1S/C25H27F3N4O4/c1-3-35-24(33)22-23(32(30-29-22)16-17-4-10-20(34-2)11-5-17)36-21-12-14-31(15-13-21)19-8-6-18(7-9-19)25(26,27)28/h4-11,21H,3,12-16H2,1-2H3. The molecule has 192 valence electrons. The minimum atomic E-state index is -4.36. The average molecular weight is 505 g/mol. The van der Waals surface area contributed by atoms with Crippen molar-refractivity contribution in [3.63, 3.8) is 0 Å². The van der Waals surface area contributed by atoms with Crippen LogP contribution in [0, 0.1) is 0 Å². The topological polar surface area (TPSA) is 78.7 Å². The van der Waals surface area contributed by atoms with Gasteiger partial charge in [0.25, 0.3) is 0 Å². The fraction of sp³-hybridized carbons (Fsp3) is 0.400. The fourth-order valence-corrected chi connectivity index (χ4v) is 4.01. The van der Waals surface area contributed by atoms with Gasteiger partial charge in [0, 0.05) is 31.6 Å². The van der Waals surface area contributed by atoms with Crippen molar-refractivity contribution in [2.45, 2.75) is 38.6 Å². The molecule has 0 aliphatic carbocycles. The first-order chi connectivity index (χ1) is 17.3. The predicted octanol–water partition coefficient (Wildman–Crippen LogP) is 4.58. The van der Waals surface area contributed by atoms with Crippen LogP contribution < -0.4 is 14.4 Å². The molecule has 0 N–H and O–H groups in total. The van der Waals surface area contributed by atoms with Crippen molar-refractivity contribution in [2.24, 2.45) is 0 Å². The van der Waals surface area contributed by atoms with E-state index in [-0.39, 0.29) is 24.3 Å². The number of halogens is 3. The molecule has 4 rings (SSSR count). The number of ether oxygens (including phenoxy) is 3. The lowest BCUT2D eigenvalue weighted by atomic mass is 10.1. The number of benzene rings is 2. The first kappa shape index (κ1) is 25.3. The Labute approximate surface area is 206 Å². The Bertz CT molecular complexity index is 1160. The second kappa shape index (κ2) is 10.9. The van der Waals surface area contributed by atoms with Crippen molar-refractivity contribution >= 4 is 11.7 Å². The Hall–Kier alpha value is -3.76. The van der Waals surface area contributed by atoms with Crippen LogP contribution in [0.1, 0.15) is 41.4 Å².